The van der Waals surface area contributed by atoms with Gasteiger partial charge in [0.25, 0.3) is 0 Å². The van der Waals surface area contributed by atoms with Crippen molar-refractivity contribution in [1.29, 1.82) is 0 Å². The number of carboxylic acids is 1. The van der Waals surface area contributed by atoms with E-state index in [-0.39, 0.29) is 17.8 Å². The van der Waals surface area contributed by atoms with Crippen LogP contribution in [0.5, 0.6) is 11.5 Å². The van der Waals surface area contributed by atoms with Crippen molar-refractivity contribution < 1.29 is 23.8 Å². The van der Waals surface area contributed by atoms with E-state index in [1.165, 1.54) is 24.3 Å². The Morgan fingerprint density at radius 3 is 2.29 bits per heavy atom. The molecule has 2 aromatic carbocycles. The Labute approximate surface area is 165 Å². The first-order valence-electron chi connectivity index (χ1n) is 9.46. The number of hydrogen-bond acceptors (Lipinski definition) is 4. The Balaban J connectivity index is 0.000000200. The fraction of sp³-hybridized carbons (Fsp3) is 0.409. The molecule has 0 spiro atoms. The smallest absolute Gasteiger partial charge is 0.311 e. The zero-order chi connectivity index (χ0) is 20.7. The number of rotatable bonds is 6. The zero-order valence-corrected chi connectivity index (χ0v) is 16.5. The maximum absolute atomic E-state index is 12.6. The predicted molar refractivity (Wildman–Crippen MR) is 106 cm³/mol. The standard InChI is InChI=1S/C11H13FO2.C11H15NO2/c1-7(2)10(11(13)14)8-3-5-9(12)6-4-8;1-2-3-9(12)8-4-5-10-11(6-8)14-7-13-10/h3-7,10H,1-2H3,(H,13,14);4-6,9H,2-3,7,12H2,1H3. The average Bonchev–Trinajstić information content (AvgIpc) is 3.11. The number of carbonyl (C=O) groups is 1. The van der Waals surface area contributed by atoms with Gasteiger partial charge in [-0.05, 0) is 47.7 Å². The summed E-state index contributed by atoms with van der Waals surface area (Å²) >= 11 is 0. The van der Waals surface area contributed by atoms with Crippen LogP contribution in [0.2, 0.25) is 0 Å². The SMILES string of the molecule is CC(C)C(C(=O)O)c1ccc(F)cc1.CCCC(N)c1ccc2c(c1)OCO2. The summed E-state index contributed by atoms with van der Waals surface area (Å²) in [5, 5.41) is 8.97. The summed E-state index contributed by atoms with van der Waals surface area (Å²) in [6.45, 7) is 6.12. The van der Waals surface area contributed by atoms with Gasteiger partial charge in [-0.25, -0.2) is 4.39 Å². The molecule has 0 radical (unpaired) electrons. The minimum Gasteiger partial charge on any atom is -0.481 e. The van der Waals surface area contributed by atoms with Crippen LogP contribution in [0.25, 0.3) is 0 Å². The van der Waals surface area contributed by atoms with E-state index in [0.29, 0.717) is 12.4 Å². The topological polar surface area (TPSA) is 81.8 Å². The van der Waals surface area contributed by atoms with Crippen LogP contribution < -0.4 is 15.2 Å². The van der Waals surface area contributed by atoms with Crippen molar-refractivity contribution >= 4 is 5.97 Å². The lowest BCUT2D eigenvalue weighted by atomic mass is 9.89. The number of benzene rings is 2. The highest BCUT2D eigenvalue weighted by molar-refractivity contribution is 5.76. The third-order valence-electron chi connectivity index (χ3n) is 4.59. The summed E-state index contributed by atoms with van der Waals surface area (Å²) in [5.74, 6) is -0.145. The first-order valence-corrected chi connectivity index (χ1v) is 9.46. The number of carboxylic acid groups (broad SMARTS) is 1. The maximum atomic E-state index is 12.6. The number of ether oxygens (including phenoxy) is 2. The lowest BCUT2D eigenvalue weighted by Gasteiger charge is -2.16. The number of fused-ring (bicyclic) bond motifs is 1. The molecule has 1 aliphatic rings. The summed E-state index contributed by atoms with van der Waals surface area (Å²) < 4.78 is 23.1. The molecule has 2 aromatic rings. The average molecular weight is 389 g/mol. The fourth-order valence-electron chi connectivity index (χ4n) is 3.10. The highest BCUT2D eigenvalue weighted by Gasteiger charge is 2.23. The first kappa shape index (κ1) is 21.7. The van der Waals surface area contributed by atoms with Gasteiger partial charge in [-0.15, -0.1) is 0 Å². The molecule has 0 aromatic heterocycles. The second kappa shape index (κ2) is 10.1. The molecular weight excluding hydrogens is 361 g/mol. The van der Waals surface area contributed by atoms with E-state index in [4.69, 9.17) is 20.3 Å². The van der Waals surface area contributed by atoms with Crippen LogP contribution in [0.1, 0.15) is 56.7 Å². The van der Waals surface area contributed by atoms with Gasteiger partial charge in [0, 0.05) is 6.04 Å². The summed E-state index contributed by atoms with van der Waals surface area (Å²) in [6, 6.07) is 11.6. The highest BCUT2D eigenvalue weighted by Crippen LogP contribution is 2.34. The van der Waals surface area contributed by atoms with Crippen LogP contribution in [-0.4, -0.2) is 17.9 Å². The summed E-state index contributed by atoms with van der Waals surface area (Å²) in [7, 11) is 0. The van der Waals surface area contributed by atoms with Gasteiger partial charge in [0.05, 0.1) is 5.92 Å². The van der Waals surface area contributed by atoms with Crippen LogP contribution in [0, 0.1) is 11.7 Å². The minimum atomic E-state index is -0.869. The molecule has 3 rings (SSSR count). The Kier molecular flexibility index (Phi) is 7.81. The molecule has 1 aliphatic heterocycles. The van der Waals surface area contributed by atoms with E-state index in [1.54, 1.807) is 0 Å². The molecule has 28 heavy (non-hydrogen) atoms. The first-order chi connectivity index (χ1) is 13.3. The summed E-state index contributed by atoms with van der Waals surface area (Å²) in [4.78, 5) is 10.9. The largest absolute Gasteiger partial charge is 0.481 e. The van der Waals surface area contributed by atoms with Crippen LogP contribution in [0.4, 0.5) is 4.39 Å². The van der Waals surface area contributed by atoms with Gasteiger partial charge in [-0.2, -0.15) is 0 Å². The Hall–Kier alpha value is -2.60. The molecule has 5 nitrogen and oxygen atoms in total. The van der Waals surface area contributed by atoms with E-state index in [0.717, 1.165) is 29.9 Å². The van der Waals surface area contributed by atoms with Crippen LogP contribution >= 0.6 is 0 Å². The third-order valence-corrected chi connectivity index (χ3v) is 4.59. The van der Waals surface area contributed by atoms with Gasteiger partial charge in [0.2, 0.25) is 6.79 Å². The third kappa shape index (κ3) is 5.70. The van der Waals surface area contributed by atoms with Crippen molar-refractivity contribution in [3.05, 3.63) is 59.4 Å². The molecule has 1 heterocycles. The molecule has 3 N–H and O–H groups in total. The number of halogens is 1. The Morgan fingerprint density at radius 1 is 1.11 bits per heavy atom. The molecule has 0 aliphatic carbocycles. The van der Waals surface area contributed by atoms with Gasteiger partial charge in [-0.3, -0.25) is 4.79 Å². The number of aliphatic carboxylic acids is 1. The normalized spacial score (nSPS) is 14.2. The van der Waals surface area contributed by atoms with Gasteiger partial charge >= 0.3 is 5.97 Å². The highest BCUT2D eigenvalue weighted by atomic mass is 19.1. The second-order valence-electron chi connectivity index (χ2n) is 7.12. The molecule has 0 saturated heterocycles. The quantitative estimate of drug-likeness (QED) is 0.737. The number of nitrogens with two attached hydrogens (primary N) is 1. The van der Waals surface area contributed by atoms with Crippen molar-refractivity contribution in [3.63, 3.8) is 0 Å². The van der Waals surface area contributed by atoms with Gasteiger partial charge < -0.3 is 20.3 Å². The molecule has 0 amide bonds. The van der Waals surface area contributed by atoms with E-state index < -0.39 is 11.9 Å². The molecule has 0 bridgehead atoms. The van der Waals surface area contributed by atoms with E-state index >= 15 is 0 Å². The lowest BCUT2D eigenvalue weighted by molar-refractivity contribution is -0.139. The fourth-order valence-corrected chi connectivity index (χ4v) is 3.10. The Morgan fingerprint density at radius 2 is 1.71 bits per heavy atom. The van der Waals surface area contributed by atoms with Crippen molar-refractivity contribution in [1.82, 2.24) is 0 Å². The molecular formula is C22H28FNO4. The molecule has 6 heteroatoms. The monoisotopic (exact) mass is 389 g/mol. The summed E-state index contributed by atoms with van der Waals surface area (Å²) in [5.41, 5.74) is 7.77. The van der Waals surface area contributed by atoms with Crippen LogP contribution in [0.15, 0.2) is 42.5 Å². The molecule has 152 valence electrons. The van der Waals surface area contributed by atoms with E-state index in [1.807, 2.05) is 32.0 Å². The van der Waals surface area contributed by atoms with Crippen molar-refractivity contribution in [2.24, 2.45) is 11.7 Å². The van der Waals surface area contributed by atoms with Gasteiger partial charge in [-0.1, -0.05) is 45.4 Å². The van der Waals surface area contributed by atoms with Gasteiger partial charge in [0.1, 0.15) is 5.82 Å². The maximum Gasteiger partial charge on any atom is 0.311 e. The van der Waals surface area contributed by atoms with Crippen molar-refractivity contribution in [2.75, 3.05) is 6.79 Å². The van der Waals surface area contributed by atoms with E-state index in [2.05, 4.69) is 6.92 Å². The molecule has 0 fully saturated rings. The minimum absolute atomic E-state index is 0.00189. The van der Waals surface area contributed by atoms with Crippen molar-refractivity contribution in [2.45, 2.75) is 45.6 Å². The lowest BCUT2D eigenvalue weighted by Crippen LogP contribution is -2.17. The van der Waals surface area contributed by atoms with Crippen LogP contribution in [-0.2, 0) is 4.79 Å². The predicted octanol–water partition coefficient (Wildman–Crippen LogP) is 4.87. The van der Waals surface area contributed by atoms with Gasteiger partial charge in [0.15, 0.2) is 11.5 Å². The van der Waals surface area contributed by atoms with E-state index in [9.17, 15) is 9.18 Å². The molecule has 2 unspecified atom stereocenters. The number of hydrogen-bond donors (Lipinski definition) is 2. The summed E-state index contributed by atoms with van der Waals surface area (Å²) in [6.07, 6.45) is 2.09. The molecule has 2 atom stereocenters. The zero-order valence-electron chi connectivity index (χ0n) is 16.5. The molecule has 0 saturated carbocycles. The van der Waals surface area contributed by atoms with Crippen LogP contribution in [0.3, 0.4) is 0 Å². The van der Waals surface area contributed by atoms with Crippen molar-refractivity contribution in [3.8, 4) is 11.5 Å². The Bertz CT molecular complexity index is 777. The second-order valence-corrected chi connectivity index (χ2v) is 7.12.